The van der Waals surface area contributed by atoms with E-state index < -0.39 is 0 Å². The maximum Gasteiger partial charge on any atom is 0.129 e. The molecule has 4 nitrogen and oxygen atoms in total. The minimum absolute atomic E-state index is 0.0498. The second-order valence-electron chi connectivity index (χ2n) is 4.30. The van der Waals surface area contributed by atoms with E-state index in [2.05, 4.69) is 17.4 Å². The molecule has 0 saturated heterocycles. The van der Waals surface area contributed by atoms with E-state index in [9.17, 15) is 0 Å². The van der Waals surface area contributed by atoms with Crippen LogP contribution in [0.3, 0.4) is 0 Å². The Kier molecular flexibility index (Phi) is 5.01. The van der Waals surface area contributed by atoms with Crippen LogP contribution >= 0.6 is 0 Å². The molecule has 1 aromatic carbocycles. The Morgan fingerprint density at radius 1 is 1.11 bits per heavy atom. The van der Waals surface area contributed by atoms with E-state index in [0.29, 0.717) is 12.3 Å². The first-order valence-electron chi connectivity index (χ1n) is 6.34. The van der Waals surface area contributed by atoms with Gasteiger partial charge < -0.3 is 19.6 Å². The third-order valence-corrected chi connectivity index (χ3v) is 2.92. The molecule has 0 atom stereocenters. The minimum atomic E-state index is -0.0498. The van der Waals surface area contributed by atoms with Crippen LogP contribution in [0.1, 0.15) is 17.1 Å². The van der Waals surface area contributed by atoms with Gasteiger partial charge >= 0.3 is 0 Å². The molecule has 102 valence electrons. The van der Waals surface area contributed by atoms with Gasteiger partial charge in [-0.2, -0.15) is 0 Å². The molecule has 1 aromatic heterocycles. The van der Waals surface area contributed by atoms with Crippen molar-refractivity contribution in [3.8, 4) is 5.75 Å². The number of hydrogen-bond acceptors (Lipinski definition) is 4. The van der Waals surface area contributed by atoms with Crippen molar-refractivity contribution in [2.24, 2.45) is 0 Å². The molecule has 0 aliphatic rings. The summed E-state index contributed by atoms with van der Waals surface area (Å²) in [7, 11) is 1.67. The van der Waals surface area contributed by atoms with Gasteiger partial charge in [0.1, 0.15) is 23.9 Å². The lowest BCUT2D eigenvalue weighted by Gasteiger charge is -2.04. The average molecular weight is 261 g/mol. The molecule has 0 radical (unpaired) electrons. The smallest absolute Gasteiger partial charge is 0.129 e. The van der Waals surface area contributed by atoms with E-state index in [1.165, 1.54) is 5.56 Å². The first kappa shape index (κ1) is 13.6. The van der Waals surface area contributed by atoms with Crippen LogP contribution in [0.4, 0.5) is 0 Å². The predicted molar refractivity (Wildman–Crippen MR) is 73.0 cm³/mol. The lowest BCUT2D eigenvalue weighted by molar-refractivity contribution is 0.243. The number of aliphatic hydroxyl groups is 1. The molecule has 0 fully saturated rings. The van der Waals surface area contributed by atoms with Gasteiger partial charge in [-0.1, -0.05) is 12.1 Å². The number of methoxy groups -OCH3 is 1. The summed E-state index contributed by atoms with van der Waals surface area (Å²) in [5.74, 6) is 2.33. The zero-order chi connectivity index (χ0) is 13.5. The van der Waals surface area contributed by atoms with Gasteiger partial charge in [-0.3, -0.25) is 0 Å². The highest BCUT2D eigenvalue weighted by atomic mass is 16.5. The first-order chi connectivity index (χ1) is 9.31. The maximum atomic E-state index is 8.89. The molecule has 0 amide bonds. The van der Waals surface area contributed by atoms with Crippen molar-refractivity contribution in [1.29, 1.82) is 0 Å². The molecule has 0 spiro atoms. The van der Waals surface area contributed by atoms with Gasteiger partial charge in [0, 0.05) is 0 Å². The molecule has 2 aromatic rings. The zero-order valence-corrected chi connectivity index (χ0v) is 11.1. The summed E-state index contributed by atoms with van der Waals surface area (Å²) < 4.78 is 10.5. The molecule has 1 heterocycles. The number of hydrogen-bond donors (Lipinski definition) is 2. The Bertz CT molecular complexity index is 490. The Labute approximate surface area is 113 Å². The standard InChI is InChI=1S/C15H19NO3/c1-18-13-4-2-12(3-5-13)8-9-16-10-14-6-7-15(11-17)19-14/h2-7,16-17H,8-11H2,1H3. The van der Waals surface area contributed by atoms with Gasteiger partial charge in [0.25, 0.3) is 0 Å². The van der Waals surface area contributed by atoms with Crippen LogP contribution in [0, 0.1) is 0 Å². The Morgan fingerprint density at radius 3 is 2.47 bits per heavy atom. The van der Waals surface area contributed by atoms with Crippen LogP contribution in [-0.2, 0) is 19.6 Å². The molecule has 19 heavy (non-hydrogen) atoms. The predicted octanol–water partition coefficient (Wildman–Crippen LogP) is 2.11. The average Bonchev–Trinajstić information content (AvgIpc) is 2.92. The quantitative estimate of drug-likeness (QED) is 0.750. The molecule has 0 bridgehead atoms. The number of aliphatic hydroxyl groups excluding tert-OH is 1. The van der Waals surface area contributed by atoms with Crippen LogP contribution < -0.4 is 10.1 Å². The first-order valence-corrected chi connectivity index (χ1v) is 6.34. The van der Waals surface area contributed by atoms with E-state index in [1.54, 1.807) is 13.2 Å². The Balaban J connectivity index is 1.71. The van der Waals surface area contributed by atoms with Crippen molar-refractivity contribution < 1.29 is 14.3 Å². The fourth-order valence-electron chi connectivity index (χ4n) is 1.84. The highest BCUT2D eigenvalue weighted by Crippen LogP contribution is 2.11. The SMILES string of the molecule is COc1ccc(CCNCc2ccc(CO)o2)cc1. The van der Waals surface area contributed by atoms with E-state index in [1.807, 2.05) is 18.2 Å². The van der Waals surface area contributed by atoms with Crippen LogP contribution in [-0.4, -0.2) is 18.8 Å². The Morgan fingerprint density at radius 2 is 1.84 bits per heavy atom. The third-order valence-electron chi connectivity index (χ3n) is 2.92. The highest BCUT2D eigenvalue weighted by molar-refractivity contribution is 5.27. The molecule has 0 aliphatic heterocycles. The molecule has 2 rings (SSSR count). The summed E-state index contributed by atoms with van der Waals surface area (Å²) in [6.45, 7) is 1.50. The zero-order valence-electron chi connectivity index (χ0n) is 11.1. The number of benzene rings is 1. The van der Waals surface area contributed by atoms with Crippen LogP contribution in [0.5, 0.6) is 5.75 Å². The van der Waals surface area contributed by atoms with Crippen LogP contribution in [0.15, 0.2) is 40.8 Å². The monoisotopic (exact) mass is 261 g/mol. The number of ether oxygens (including phenoxy) is 1. The van der Waals surface area contributed by atoms with E-state index >= 15 is 0 Å². The van der Waals surface area contributed by atoms with Crippen molar-refractivity contribution >= 4 is 0 Å². The third kappa shape index (κ3) is 4.12. The fourth-order valence-corrected chi connectivity index (χ4v) is 1.84. The lowest BCUT2D eigenvalue weighted by atomic mass is 10.1. The molecule has 2 N–H and O–H groups in total. The molecular weight excluding hydrogens is 242 g/mol. The normalized spacial score (nSPS) is 10.6. The van der Waals surface area contributed by atoms with Gasteiger partial charge in [0.2, 0.25) is 0 Å². The summed E-state index contributed by atoms with van der Waals surface area (Å²) in [5.41, 5.74) is 1.27. The second kappa shape index (κ2) is 6.97. The van der Waals surface area contributed by atoms with Gasteiger partial charge in [-0.05, 0) is 42.8 Å². The van der Waals surface area contributed by atoms with Gasteiger partial charge in [-0.25, -0.2) is 0 Å². The van der Waals surface area contributed by atoms with Gasteiger partial charge in [0.15, 0.2) is 0 Å². The second-order valence-corrected chi connectivity index (χ2v) is 4.30. The summed E-state index contributed by atoms with van der Waals surface area (Å²) in [5, 5.41) is 12.2. The van der Waals surface area contributed by atoms with Crippen molar-refractivity contribution in [2.45, 2.75) is 19.6 Å². The highest BCUT2D eigenvalue weighted by Gasteiger charge is 2.00. The van der Waals surface area contributed by atoms with E-state index in [0.717, 1.165) is 24.5 Å². The van der Waals surface area contributed by atoms with Gasteiger partial charge in [0.05, 0.1) is 13.7 Å². The summed E-state index contributed by atoms with van der Waals surface area (Å²) in [6, 6.07) is 11.7. The fraction of sp³-hybridized carbons (Fsp3) is 0.333. The maximum absolute atomic E-state index is 8.89. The van der Waals surface area contributed by atoms with Crippen molar-refractivity contribution in [3.63, 3.8) is 0 Å². The van der Waals surface area contributed by atoms with Crippen molar-refractivity contribution in [3.05, 3.63) is 53.5 Å². The Hall–Kier alpha value is -1.78. The van der Waals surface area contributed by atoms with Crippen molar-refractivity contribution in [1.82, 2.24) is 5.32 Å². The topological polar surface area (TPSA) is 54.6 Å². The number of rotatable bonds is 7. The van der Waals surface area contributed by atoms with Crippen LogP contribution in [0.25, 0.3) is 0 Å². The largest absolute Gasteiger partial charge is 0.497 e. The lowest BCUT2D eigenvalue weighted by Crippen LogP contribution is -2.16. The summed E-state index contributed by atoms with van der Waals surface area (Å²) in [6.07, 6.45) is 0.956. The van der Waals surface area contributed by atoms with Gasteiger partial charge in [-0.15, -0.1) is 0 Å². The number of furan rings is 1. The summed E-state index contributed by atoms with van der Waals surface area (Å²) in [4.78, 5) is 0. The van der Waals surface area contributed by atoms with E-state index in [4.69, 9.17) is 14.3 Å². The van der Waals surface area contributed by atoms with Crippen LogP contribution in [0.2, 0.25) is 0 Å². The number of nitrogens with one attached hydrogen (secondary N) is 1. The van der Waals surface area contributed by atoms with E-state index in [-0.39, 0.29) is 6.61 Å². The molecule has 4 heteroatoms. The molecule has 0 saturated carbocycles. The molecule has 0 aliphatic carbocycles. The molecular formula is C15H19NO3. The molecule has 0 unspecified atom stereocenters. The minimum Gasteiger partial charge on any atom is -0.497 e. The van der Waals surface area contributed by atoms with Crippen molar-refractivity contribution in [2.75, 3.05) is 13.7 Å². The summed E-state index contributed by atoms with van der Waals surface area (Å²) >= 11 is 0.